The number of carbonyl (C=O) groups excluding carboxylic acids is 1. The molecule has 28 heavy (non-hydrogen) atoms. The summed E-state index contributed by atoms with van der Waals surface area (Å²) in [4.78, 5) is 22.5. The summed E-state index contributed by atoms with van der Waals surface area (Å²) < 4.78 is 1.12. The summed E-state index contributed by atoms with van der Waals surface area (Å²) in [6.45, 7) is 13.9. The molecule has 0 saturated carbocycles. The van der Waals surface area contributed by atoms with E-state index in [1.54, 1.807) is 11.3 Å². The number of carbonyl (C=O) groups is 1. The number of para-hydroxylation sites is 1. The van der Waals surface area contributed by atoms with Crippen LogP contribution in [0.15, 0.2) is 36.4 Å². The fraction of sp³-hybridized carbons (Fsp3) is 0.391. The van der Waals surface area contributed by atoms with Crippen molar-refractivity contribution in [3.05, 3.63) is 58.7 Å². The third-order valence-electron chi connectivity index (χ3n) is 5.37. The zero-order valence-corrected chi connectivity index (χ0v) is 18.3. The molecule has 0 aliphatic heterocycles. The highest BCUT2D eigenvalue weighted by atomic mass is 32.1. The van der Waals surface area contributed by atoms with Crippen LogP contribution in [0.2, 0.25) is 0 Å². The first-order valence-electron chi connectivity index (χ1n) is 9.92. The van der Waals surface area contributed by atoms with Crippen molar-refractivity contribution in [3.63, 3.8) is 0 Å². The van der Waals surface area contributed by atoms with Crippen LogP contribution in [0.4, 0.5) is 5.13 Å². The lowest BCUT2D eigenvalue weighted by molar-refractivity contribution is 0.0983. The second-order valence-electron chi connectivity index (χ2n) is 7.20. The highest BCUT2D eigenvalue weighted by Gasteiger charge is 2.22. The molecule has 3 rings (SSSR count). The van der Waals surface area contributed by atoms with Crippen LogP contribution in [0.5, 0.6) is 0 Å². The van der Waals surface area contributed by atoms with Crippen molar-refractivity contribution in [1.82, 2.24) is 9.88 Å². The lowest BCUT2D eigenvalue weighted by Crippen LogP contribution is -2.38. The summed E-state index contributed by atoms with van der Waals surface area (Å²) in [5.41, 5.74) is 5.18. The fourth-order valence-corrected chi connectivity index (χ4v) is 4.35. The van der Waals surface area contributed by atoms with E-state index in [4.69, 9.17) is 4.98 Å². The Morgan fingerprint density at radius 2 is 1.71 bits per heavy atom. The Balaban J connectivity index is 1.98. The third kappa shape index (κ3) is 4.26. The van der Waals surface area contributed by atoms with Gasteiger partial charge in [0.05, 0.1) is 10.2 Å². The van der Waals surface area contributed by atoms with E-state index in [0.29, 0.717) is 6.54 Å². The molecule has 0 radical (unpaired) electrons. The van der Waals surface area contributed by atoms with Crippen molar-refractivity contribution < 1.29 is 4.79 Å². The quantitative estimate of drug-likeness (QED) is 0.551. The van der Waals surface area contributed by atoms with Crippen molar-refractivity contribution in [1.29, 1.82) is 0 Å². The molecule has 1 heterocycles. The average molecular weight is 396 g/mol. The van der Waals surface area contributed by atoms with Gasteiger partial charge in [-0.3, -0.25) is 9.69 Å². The van der Waals surface area contributed by atoms with Gasteiger partial charge in [0.15, 0.2) is 5.13 Å². The number of aromatic nitrogens is 1. The molecule has 4 nitrogen and oxygen atoms in total. The normalized spacial score (nSPS) is 11.4. The molecule has 0 unspecified atom stereocenters. The highest BCUT2D eigenvalue weighted by molar-refractivity contribution is 7.22. The summed E-state index contributed by atoms with van der Waals surface area (Å²) in [7, 11) is 0. The molecule has 1 amide bonds. The van der Waals surface area contributed by atoms with E-state index in [0.717, 1.165) is 51.7 Å². The predicted octanol–water partition coefficient (Wildman–Crippen LogP) is 5.21. The predicted molar refractivity (Wildman–Crippen MR) is 120 cm³/mol. The van der Waals surface area contributed by atoms with Crippen LogP contribution in [-0.2, 0) is 0 Å². The first-order valence-corrected chi connectivity index (χ1v) is 10.7. The summed E-state index contributed by atoms with van der Waals surface area (Å²) >= 11 is 1.59. The Morgan fingerprint density at radius 1 is 0.964 bits per heavy atom. The molecule has 3 aromatic rings. The van der Waals surface area contributed by atoms with Crippen LogP contribution in [0.25, 0.3) is 10.2 Å². The molecule has 0 bridgehead atoms. The van der Waals surface area contributed by atoms with E-state index in [1.165, 1.54) is 5.56 Å². The molecule has 0 atom stereocenters. The van der Waals surface area contributed by atoms with Gasteiger partial charge in [-0.25, -0.2) is 4.98 Å². The van der Waals surface area contributed by atoms with E-state index in [9.17, 15) is 4.79 Å². The number of anilines is 1. The molecule has 5 heteroatoms. The monoisotopic (exact) mass is 395 g/mol. The van der Waals surface area contributed by atoms with Crippen LogP contribution in [0.3, 0.4) is 0 Å². The van der Waals surface area contributed by atoms with Gasteiger partial charge in [-0.05, 0) is 68.8 Å². The summed E-state index contributed by atoms with van der Waals surface area (Å²) in [6.07, 6.45) is 0. The van der Waals surface area contributed by atoms with Crippen molar-refractivity contribution in [2.45, 2.75) is 34.6 Å². The number of likely N-dealkylation sites (N-methyl/N-ethyl adjacent to an activating group) is 1. The van der Waals surface area contributed by atoms with E-state index >= 15 is 0 Å². The molecule has 0 N–H and O–H groups in total. The first kappa shape index (κ1) is 20.5. The number of thiazole rings is 1. The van der Waals surface area contributed by atoms with Crippen LogP contribution in [0.1, 0.15) is 40.9 Å². The number of fused-ring (bicyclic) bond motifs is 1. The SMILES string of the molecule is CCN(CC)CCN(C(=O)c1ccc(C)c(C)c1)c1nc2c(C)cccc2s1. The number of hydrogen-bond donors (Lipinski definition) is 0. The first-order chi connectivity index (χ1) is 13.4. The lowest BCUT2D eigenvalue weighted by Gasteiger charge is -2.25. The van der Waals surface area contributed by atoms with Gasteiger partial charge in [-0.1, -0.05) is 43.4 Å². The Bertz CT molecular complexity index is 975. The zero-order chi connectivity index (χ0) is 20.3. The maximum Gasteiger partial charge on any atom is 0.260 e. The van der Waals surface area contributed by atoms with Gasteiger partial charge in [0.25, 0.3) is 5.91 Å². The summed E-state index contributed by atoms with van der Waals surface area (Å²) in [6, 6.07) is 12.1. The maximum absolute atomic E-state index is 13.4. The van der Waals surface area contributed by atoms with Gasteiger partial charge in [0.1, 0.15) is 0 Å². The van der Waals surface area contributed by atoms with Crippen molar-refractivity contribution in [3.8, 4) is 0 Å². The number of nitrogens with zero attached hydrogens (tertiary/aromatic N) is 3. The second-order valence-corrected chi connectivity index (χ2v) is 8.21. The summed E-state index contributed by atoms with van der Waals surface area (Å²) in [5, 5.41) is 0.777. The van der Waals surface area contributed by atoms with Crippen LogP contribution in [0, 0.1) is 20.8 Å². The molecule has 1 aromatic heterocycles. The number of hydrogen-bond acceptors (Lipinski definition) is 4. The third-order valence-corrected chi connectivity index (χ3v) is 6.42. The Hall–Kier alpha value is -2.24. The van der Waals surface area contributed by atoms with E-state index in [-0.39, 0.29) is 5.91 Å². The minimum Gasteiger partial charge on any atom is -0.302 e. The molecule has 0 fully saturated rings. The maximum atomic E-state index is 13.4. The molecule has 0 aliphatic carbocycles. The van der Waals surface area contributed by atoms with Crippen molar-refractivity contribution in [2.24, 2.45) is 0 Å². The standard InChI is InChI=1S/C23H29N3OS/c1-6-25(7-2)13-14-26(22(27)19-12-11-16(3)18(5)15-19)23-24-21-17(4)9-8-10-20(21)28-23/h8-12,15H,6-7,13-14H2,1-5H3. The number of benzene rings is 2. The smallest absolute Gasteiger partial charge is 0.260 e. The van der Waals surface area contributed by atoms with E-state index in [1.807, 2.05) is 36.1 Å². The van der Waals surface area contributed by atoms with Gasteiger partial charge in [-0.15, -0.1) is 0 Å². The van der Waals surface area contributed by atoms with Crippen LogP contribution < -0.4 is 4.90 Å². The van der Waals surface area contributed by atoms with Crippen LogP contribution >= 0.6 is 11.3 Å². The molecule has 148 valence electrons. The molecule has 0 spiro atoms. The Morgan fingerprint density at radius 3 is 2.36 bits per heavy atom. The van der Waals surface area contributed by atoms with E-state index < -0.39 is 0 Å². The zero-order valence-electron chi connectivity index (χ0n) is 17.5. The molecular weight excluding hydrogens is 366 g/mol. The second kappa shape index (κ2) is 8.84. The van der Waals surface area contributed by atoms with Gasteiger partial charge >= 0.3 is 0 Å². The molecule has 0 aliphatic rings. The molecule has 0 saturated heterocycles. The minimum atomic E-state index is 0.0203. The van der Waals surface area contributed by atoms with Gasteiger partial charge in [0.2, 0.25) is 0 Å². The topological polar surface area (TPSA) is 36.4 Å². The largest absolute Gasteiger partial charge is 0.302 e. The van der Waals surface area contributed by atoms with Crippen LogP contribution in [-0.4, -0.2) is 42.0 Å². The highest BCUT2D eigenvalue weighted by Crippen LogP contribution is 2.31. The Kier molecular flexibility index (Phi) is 6.47. The summed E-state index contributed by atoms with van der Waals surface area (Å²) in [5.74, 6) is 0.0203. The molecular formula is C23H29N3OS. The van der Waals surface area contributed by atoms with Gasteiger partial charge in [0, 0.05) is 18.7 Å². The number of rotatable bonds is 7. The van der Waals surface area contributed by atoms with Gasteiger partial charge < -0.3 is 4.90 Å². The fourth-order valence-electron chi connectivity index (χ4n) is 3.29. The Labute approximate surface area is 171 Å². The van der Waals surface area contributed by atoms with Gasteiger partial charge in [-0.2, -0.15) is 0 Å². The number of amides is 1. The average Bonchev–Trinajstić information content (AvgIpc) is 3.12. The number of aryl methyl sites for hydroxylation is 3. The lowest BCUT2D eigenvalue weighted by atomic mass is 10.1. The van der Waals surface area contributed by atoms with Crippen molar-refractivity contribution in [2.75, 3.05) is 31.1 Å². The van der Waals surface area contributed by atoms with E-state index in [2.05, 4.69) is 44.7 Å². The molecule has 2 aromatic carbocycles. The van der Waals surface area contributed by atoms with Crippen molar-refractivity contribution >= 4 is 32.6 Å². The minimum absolute atomic E-state index is 0.0203.